The van der Waals surface area contributed by atoms with Gasteiger partial charge in [0, 0.05) is 30.3 Å². The van der Waals surface area contributed by atoms with Crippen LogP contribution in [0.4, 0.5) is 5.69 Å². The van der Waals surface area contributed by atoms with E-state index < -0.39 is 0 Å². The lowest BCUT2D eigenvalue weighted by molar-refractivity contribution is -0.116. The zero-order chi connectivity index (χ0) is 19.9. The minimum absolute atomic E-state index is 0.0775. The van der Waals surface area contributed by atoms with Gasteiger partial charge in [-0.05, 0) is 43.2 Å². The van der Waals surface area contributed by atoms with Crippen molar-refractivity contribution < 1.29 is 9.53 Å². The number of para-hydroxylation sites is 1. The summed E-state index contributed by atoms with van der Waals surface area (Å²) in [6.45, 7) is 2.32. The molecule has 1 amide bonds. The van der Waals surface area contributed by atoms with Crippen LogP contribution in [0, 0.1) is 6.92 Å². The molecule has 3 rings (SSSR count). The molecule has 0 spiro atoms. The summed E-state index contributed by atoms with van der Waals surface area (Å²) in [5.41, 5.74) is 3.18. The lowest BCUT2D eigenvalue weighted by Gasteiger charge is -2.09. The zero-order valence-electron chi connectivity index (χ0n) is 16.0. The molecule has 0 saturated heterocycles. The number of ether oxygens (including phenoxy) is 1. The van der Waals surface area contributed by atoms with Crippen LogP contribution in [0.5, 0.6) is 5.75 Å². The smallest absolute Gasteiger partial charge is 0.266 e. The Morgan fingerprint density at radius 2 is 1.93 bits per heavy atom. The van der Waals surface area contributed by atoms with E-state index in [1.54, 1.807) is 13.2 Å². The van der Waals surface area contributed by atoms with Gasteiger partial charge in [-0.25, -0.2) is 4.68 Å². The van der Waals surface area contributed by atoms with Gasteiger partial charge in [-0.15, -0.1) is 0 Å². The van der Waals surface area contributed by atoms with Crippen molar-refractivity contribution in [3.8, 4) is 17.0 Å². The van der Waals surface area contributed by atoms with Gasteiger partial charge < -0.3 is 10.1 Å². The number of anilines is 1. The van der Waals surface area contributed by atoms with E-state index in [2.05, 4.69) is 10.4 Å². The predicted octanol–water partition coefficient (Wildman–Crippen LogP) is 3.65. The Morgan fingerprint density at radius 1 is 1.11 bits per heavy atom. The average Bonchev–Trinajstić information content (AvgIpc) is 2.71. The first-order valence-electron chi connectivity index (χ1n) is 9.15. The number of rotatable bonds is 7. The first-order valence-corrected chi connectivity index (χ1v) is 9.15. The molecular weight excluding hydrogens is 354 g/mol. The summed E-state index contributed by atoms with van der Waals surface area (Å²) in [5, 5.41) is 7.33. The van der Waals surface area contributed by atoms with Gasteiger partial charge in [-0.2, -0.15) is 5.10 Å². The van der Waals surface area contributed by atoms with Crippen LogP contribution < -0.4 is 15.6 Å². The Kier molecular flexibility index (Phi) is 6.22. The van der Waals surface area contributed by atoms with Gasteiger partial charge in [0.25, 0.3) is 5.56 Å². The number of carbonyl (C=O) groups excluding carboxylic acids is 1. The summed E-state index contributed by atoms with van der Waals surface area (Å²) < 4.78 is 6.64. The average molecular weight is 377 g/mol. The van der Waals surface area contributed by atoms with Gasteiger partial charge in [0.1, 0.15) is 5.75 Å². The Labute approximate surface area is 163 Å². The van der Waals surface area contributed by atoms with E-state index in [1.807, 2.05) is 55.5 Å². The number of nitrogens with one attached hydrogen (secondary N) is 1. The summed E-state index contributed by atoms with van der Waals surface area (Å²) in [6.07, 6.45) is 0.831. The van der Waals surface area contributed by atoms with Crippen LogP contribution in [0.15, 0.2) is 65.5 Å². The van der Waals surface area contributed by atoms with Crippen LogP contribution in [0.25, 0.3) is 11.3 Å². The quantitative estimate of drug-likeness (QED) is 0.682. The number of aromatic nitrogens is 2. The summed E-state index contributed by atoms with van der Waals surface area (Å²) in [7, 11) is 1.61. The van der Waals surface area contributed by atoms with Crippen LogP contribution in [0.1, 0.15) is 18.4 Å². The molecule has 1 N–H and O–H groups in total. The van der Waals surface area contributed by atoms with E-state index in [4.69, 9.17) is 4.74 Å². The summed E-state index contributed by atoms with van der Waals surface area (Å²) in [6, 6.07) is 18.3. The fraction of sp³-hybridized carbons (Fsp3) is 0.227. The monoisotopic (exact) mass is 377 g/mol. The van der Waals surface area contributed by atoms with Gasteiger partial charge in [0.2, 0.25) is 5.91 Å². The zero-order valence-corrected chi connectivity index (χ0v) is 16.0. The number of aryl methyl sites for hydroxylation is 2. The highest BCUT2D eigenvalue weighted by Gasteiger charge is 2.07. The lowest BCUT2D eigenvalue weighted by atomic mass is 10.1. The number of hydrogen-bond donors (Lipinski definition) is 1. The highest BCUT2D eigenvalue weighted by Crippen LogP contribution is 2.21. The van der Waals surface area contributed by atoms with E-state index in [-0.39, 0.29) is 11.5 Å². The number of methoxy groups -OCH3 is 1. The van der Waals surface area contributed by atoms with Crippen molar-refractivity contribution in [3.05, 3.63) is 76.6 Å². The third kappa shape index (κ3) is 4.85. The third-order valence-electron chi connectivity index (χ3n) is 4.43. The fourth-order valence-electron chi connectivity index (χ4n) is 2.86. The molecule has 0 fully saturated rings. The molecule has 0 atom stereocenters. The van der Waals surface area contributed by atoms with Crippen molar-refractivity contribution >= 4 is 11.6 Å². The van der Waals surface area contributed by atoms with Gasteiger partial charge in [-0.1, -0.05) is 30.3 Å². The molecule has 0 unspecified atom stereocenters. The molecule has 0 saturated carbocycles. The third-order valence-corrected chi connectivity index (χ3v) is 4.43. The molecule has 3 aromatic rings. The maximum absolute atomic E-state index is 12.2. The second kappa shape index (κ2) is 8.99. The van der Waals surface area contributed by atoms with Gasteiger partial charge in [0.15, 0.2) is 0 Å². The van der Waals surface area contributed by atoms with Crippen molar-refractivity contribution in [1.29, 1.82) is 0 Å². The van der Waals surface area contributed by atoms with Crippen LogP contribution >= 0.6 is 0 Å². The molecule has 1 aromatic heterocycles. The van der Waals surface area contributed by atoms with E-state index in [9.17, 15) is 9.59 Å². The second-order valence-electron chi connectivity index (χ2n) is 6.48. The number of nitrogens with zero attached hydrogens (tertiary/aromatic N) is 2. The second-order valence-corrected chi connectivity index (χ2v) is 6.48. The fourth-order valence-corrected chi connectivity index (χ4v) is 2.86. The lowest BCUT2D eigenvalue weighted by Crippen LogP contribution is -2.23. The molecule has 144 valence electrons. The minimum atomic E-state index is -0.189. The Balaban J connectivity index is 1.63. The number of carbonyl (C=O) groups is 1. The Morgan fingerprint density at radius 3 is 2.71 bits per heavy atom. The SMILES string of the molecule is COc1cccc(-c2ccc(=O)n(CCCC(=O)Nc3ccccc3C)n2)c1. The molecule has 0 aliphatic rings. The van der Waals surface area contributed by atoms with Crippen molar-refractivity contribution in [3.63, 3.8) is 0 Å². The van der Waals surface area contributed by atoms with Crippen LogP contribution in [-0.2, 0) is 11.3 Å². The standard InChI is InChI=1S/C22H23N3O3/c1-16-7-3-4-10-19(16)23-21(26)11-6-14-25-22(27)13-12-20(24-25)17-8-5-9-18(15-17)28-2/h3-5,7-10,12-13,15H,6,11,14H2,1-2H3,(H,23,26). The van der Waals surface area contributed by atoms with E-state index in [0.717, 1.165) is 22.6 Å². The minimum Gasteiger partial charge on any atom is -0.497 e. The van der Waals surface area contributed by atoms with Crippen LogP contribution in [-0.4, -0.2) is 22.8 Å². The topological polar surface area (TPSA) is 73.2 Å². The molecule has 2 aromatic carbocycles. The predicted molar refractivity (Wildman–Crippen MR) is 110 cm³/mol. The number of amides is 1. The highest BCUT2D eigenvalue weighted by atomic mass is 16.5. The van der Waals surface area contributed by atoms with Crippen LogP contribution in [0.3, 0.4) is 0 Å². The summed E-state index contributed by atoms with van der Waals surface area (Å²) >= 11 is 0. The maximum Gasteiger partial charge on any atom is 0.266 e. The molecular formula is C22H23N3O3. The molecule has 6 heteroatoms. The molecule has 0 bridgehead atoms. The first kappa shape index (κ1) is 19.4. The number of hydrogen-bond acceptors (Lipinski definition) is 4. The number of benzene rings is 2. The molecule has 28 heavy (non-hydrogen) atoms. The molecule has 0 aliphatic carbocycles. The maximum atomic E-state index is 12.2. The molecule has 6 nitrogen and oxygen atoms in total. The first-order chi connectivity index (χ1) is 13.6. The molecule has 0 radical (unpaired) electrons. The Bertz CT molecular complexity index is 1030. The molecule has 0 aliphatic heterocycles. The summed E-state index contributed by atoms with van der Waals surface area (Å²) in [4.78, 5) is 24.3. The normalized spacial score (nSPS) is 10.5. The van der Waals surface area contributed by atoms with Crippen molar-refractivity contribution in [1.82, 2.24) is 9.78 Å². The largest absolute Gasteiger partial charge is 0.497 e. The van der Waals surface area contributed by atoms with Crippen molar-refractivity contribution in [2.45, 2.75) is 26.3 Å². The van der Waals surface area contributed by atoms with E-state index in [0.29, 0.717) is 25.1 Å². The molecule has 1 heterocycles. The van der Waals surface area contributed by atoms with Gasteiger partial charge in [-0.3, -0.25) is 9.59 Å². The van der Waals surface area contributed by atoms with Crippen LogP contribution in [0.2, 0.25) is 0 Å². The van der Waals surface area contributed by atoms with E-state index in [1.165, 1.54) is 10.7 Å². The van der Waals surface area contributed by atoms with Gasteiger partial charge >= 0.3 is 0 Å². The summed E-state index contributed by atoms with van der Waals surface area (Å²) in [5.74, 6) is 0.649. The van der Waals surface area contributed by atoms with Crippen molar-refractivity contribution in [2.75, 3.05) is 12.4 Å². The Hall–Kier alpha value is -3.41. The van der Waals surface area contributed by atoms with E-state index >= 15 is 0 Å². The van der Waals surface area contributed by atoms with Crippen molar-refractivity contribution in [2.24, 2.45) is 0 Å². The highest BCUT2D eigenvalue weighted by molar-refractivity contribution is 5.91. The van der Waals surface area contributed by atoms with Gasteiger partial charge in [0.05, 0.1) is 12.8 Å².